The number of hydrogen-bond acceptors (Lipinski definition) is 2. The van der Waals surface area contributed by atoms with Crippen LogP contribution in [0.5, 0.6) is 0 Å². The van der Waals surface area contributed by atoms with Crippen molar-refractivity contribution < 1.29 is 22.7 Å². The molecule has 2 rings (SSSR count). The zero-order valence-corrected chi connectivity index (χ0v) is 9.87. The summed E-state index contributed by atoms with van der Waals surface area (Å²) in [5.41, 5.74) is -0.738. The van der Waals surface area contributed by atoms with Crippen molar-refractivity contribution in [3.05, 3.63) is 41.5 Å². The molecular formula is C12H10F4N2O. The van der Waals surface area contributed by atoms with Gasteiger partial charge in [-0.2, -0.15) is 13.2 Å². The molecule has 1 N–H and O–H groups in total. The molecule has 3 nitrogen and oxygen atoms in total. The quantitative estimate of drug-likeness (QED) is 0.855. The van der Waals surface area contributed by atoms with E-state index >= 15 is 0 Å². The topological polar surface area (TPSA) is 38.0 Å². The van der Waals surface area contributed by atoms with Gasteiger partial charge in [0.2, 0.25) is 0 Å². The number of imidazole rings is 1. The SMILES string of the molecule is Cn1cc(C(F)(F)F)nc1-c1ccc(CO)c(F)c1. The van der Waals surface area contributed by atoms with Gasteiger partial charge in [0.15, 0.2) is 5.69 Å². The Kier molecular flexibility index (Phi) is 3.32. The summed E-state index contributed by atoms with van der Waals surface area (Å²) in [6.07, 6.45) is -3.70. The Labute approximate surface area is 106 Å². The van der Waals surface area contributed by atoms with E-state index in [1.807, 2.05) is 0 Å². The van der Waals surface area contributed by atoms with E-state index in [0.717, 1.165) is 12.3 Å². The Morgan fingerprint density at radius 2 is 2.00 bits per heavy atom. The van der Waals surface area contributed by atoms with Crippen LogP contribution in [0.2, 0.25) is 0 Å². The second-order valence-electron chi connectivity index (χ2n) is 4.02. The fraction of sp³-hybridized carbons (Fsp3) is 0.250. The summed E-state index contributed by atoms with van der Waals surface area (Å²) in [5, 5.41) is 8.84. The smallest absolute Gasteiger partial charge is 0.392 e. The average Bonchev–Trinajstić information content (AvgIpc) is 2.71. The van der Waals surface area contributed by atoms with Crippen LogP contribution in [0, 0.1) is 5.82 Å². The number of alkyl halides is 3. The summed E-state index contributed by atoms with van der Waals surface area (Å²) in [6, 6.07) is 3.78. The second-order valence-corrected chi connectivity index (χ2v) is 4.02. The van der Waals surface area contributed by atoms with Gasteiger partial charge in [-0.3, -0.25) is 0 Å². The van der Waals surface area contributed by atoms with Crippen LogP contribution < -0.4 is 0 Å². The fourth-order valence-electron chi connectivity index (χ4n) is 1.69. The van der Waals surface area contributed by atoms with Gasteiger partial charge in [0.05, 0.1) is 6.61 Å². The summed E-state index contributed by atoms with van der Waals surface area (Å²) >= 11 is 0. The number of aromatic nitrogens is 2. The van der Waals surface area contributed by atoms with Gasteiger partial charge in [-0.15, -0.1) is 0 Å². The van der Waals surface area contributed by atoms with Crippen LogP contribution in [-0.4, -0.2) is 14.7 Å². The molecule has 0 saturated heterocycles. The Balaban J connectivity index is 2.48. The van der Waals surface area contributed by atoms with Gasteiger partial charge >= 0.3 is 6.18 Å². The summed E-state index contributed by atoms with van der Waals surface area (Å²) in [4.78, 5) is 3.46. The van der Waals surface area contributed by atoms with Crippen molar-refractivity contribution in [1.29, 1.82) is 0 Å². The minimum Gasteiger partial charge on any atom is -0.392 e. The lowest BCUT2D eigenvalue weighted by Gasteiger charge is -2.04. The average molecular weight is 274 g/mol. The first kappa shape index (κ1) is 13.5. The predicted molar refractivity (Wildman–Crippen MR) is 59.5 cm³/mol. The maximum Gasteiger partial charge on any atom is 0.434 e. The molecule has 0 aliphatic heterocycles. The zero-order chi connectivity index (χ0) is 14.2. The van der Waals surface area contributed by atoms with Gasteiger partial charge in [0.25, 0.3) is 0 Å². The van der Waals surface area contributed by atoms with Crippen molar-refractivity contribution in [3.63, 3.8) is 0 Å². The third-order valence-electron chi connectivity index (χ3n) is 2.65. The Morgan fingerprint density at radius 1 is 1.32 bits per heavy atom. The van der Waals surface area contributed by atoms with Gasteiger partial charge in [-0.1, -0.05) is 12.1 Å². The van der Waals surface area contributed by atoms with Crippen molar-refractivity contribution in [2.24, 2.45) is 7.05 Å². The predicted octanol–water partition coefficient (Wildman–Crippen LogP) is 2.74. The van der Waals surface area contributed by atoms with Crippen LogP contribution in [0.15, 0.2) is 24.4 Å². The lowest BCUT2D eigenvalue weighted by Crippen LogP contribution is -2.04. The number of halogens is 4. The maximum absolute atomic E-state index is 13.5. The van der Waals surface area contributed by atoms with E-state index < -0.39 is 24.3 Å². The van der Waals surface area contributed by atoms with Crippen molar-refractivity contribution >= 4 is 0 Å². The van der Waals surface area contributed by atoms with E-state index in [-0.39, 0.29) is 17.0 Å². The molecule has 2 aromatic rings. The minimum atomic E-state index is -4.54. The highest BCUT2D eigenvalue weighted by Crippen LogP contribution is 2.30. The first-order chi connectivity index (χ1) is 8.82. The van der Waals surface area contributed by atoms with Crippen LogP contribution >= 0.6 is 0 Å². The highest BCUT2D eigenvalue weighted by molar-refractivity contribution is 5.57. The highest BCUT2D eigenvalue weighted by Gasteiger charge is 2.34. The van der Waals surface area contributed by atoms with E-state index in [9.17, 15) is 17.6 Å². The van der Waals surface area contributed by atoms with E-state index in [4.69, 9.17) is 5.11 Å². The Morgan fingerprint density at radius 3 is 2.47 bits per heavy atom. The third-order valence-corrected chi connectivity index (χ3v) is 2.65. The van der Waals surface area contributed by atoms with Crippen LogP contribution in [-0.2, 0) is 19.8 Å². The first-order valence-electron chi connectivity index (χ1n) is 5.33. The number of aliphatic hydroxyl groups is 1. The molecule has 1 heterocycles. The summed E-state index contributed by atoms with van der Waals surface area (Å²) in [5.74, 6) is -0.674. The zero-order valence-electron chi connectivity index (χ0n) is 9.87. The third kappa shape index (κ3) is 2.60. The Hall–Kier alpha value is -1.89. The van der Waals surface area contributed by atoms with Gasteiger partial charge in [-0.05, 0) is 6.07 Å². The van der Waals surface area contributed by atoms with Gasteiger partial charge in [-0.25, -0.2) is 9.37 Å². The molecule has 0 unspecified atom stereocenters. The number of aliphatic hydroxyl groups excluding tert-OH is 1. The van der Waals surface area contributed by atoms with Gasteiger partial charge in [0, 0.05) is 24.4 Å². The van der Waals surface area contributed by atoms with Crippen molar-refractivity contribution in [2.45, 2.75) is 12.8 Å². The number of rotatable bonds is 2. The summed E-state index contributed by atoms with van der Waals surface area (Å²) in [7, 11) is 1.40. The number of hydrogen-bond donors (Lipinski definition) is 1. The molecule has 0 aliphatic carbocycles. The molecular weight excluding hydrogens is 264 g/mol. The second kappa shape index (κ2) is 4.65. The van der Waals surface area contributed by atoms with E-state index in [2.05, 4.69) is 4.98 Å². The Bertz CT molecular complexity index is 604. The van der Waals surface area contributed by atoms with E-state index in [1.165, 1.54) is 23.7 Å². The molecule has 7 heteroatoms. The van der Waals surface area contributed by atoms with Crippen molar-refractivity contribution in [3.8, 4) is 11.4 Å². The molecule has 102 valence electrons. The number of nitrogens with zero attached hydrogens (tertiary/aromatic N) is 2. The molecule has 19 heavy (non-hydrogen) atoms. The highest BCUT2D eigenvalue weighted by atomic mass is 19.4. The van der Waals surface area contributed by atoms with Crippen LogP contribution in [0.25, 0.3) is 11.4 Å². The molecule has 0 spiro atoms. The lowest BCUT2D eigenvalue weighted by atomic mass is 10.1. The van der Waals surface area contributed by atoms with Crippen LogP contribution in [0.1, 0.15) is 11.3 Å². The van der Waals surface area contributed by atoms with Crippen LogP contribution in [0.4, 0.5) is 17.6 Å². The molecule has 0 amide bonds. The number of benzene rings is 1. The van der Waals surface area contributed by atoms with Crippen molar-refractivity contribution in [2.75, 3.05) is 0 Å². The molecule has 1 aromatic heterocycles. The monoisotopic (exact) mass is 274 g/mol. The first-order valence-corrected chi connectivity index (χ1v) is 5.33. The molecule has 0 bridgehead atoms. The largest absolute Gasteiger partial charge is 0.434 e. The molecule has 0 aliphatic rings. The molecule has 0 radical (unpaired) electrons. The molecule has 0 atom stereocenters. The summed E-state index contributed by atoms with van der Waals surface area (Å²) in [6.45, 7) is -0.472. The normalized spacial score (nSPS) is 11.9. The number of aryl methyl sites for hydroxylation is 1. The van der Waals surface area contributed by atoms with Crippen LogP contribution in [0.3, 0.4) is 0 Å². The van der Waals surface area contributed by atoms with Gasteiger partial charge in [0.1, 0.15) is 11.6 Å². The standard InChI is InChI=1S/C12H10F4N2O/c1-18-5-10(12(14,15)16)17-11(18)7-2-3-8(6-19)9(13)4-7/h2-5,19H,6H2,1H3. The maximum atomic E-state index is 13.5. The molecule has 0 fully saturated rings. The fourth-order valence-corrected chi connectivity index (χ4v) is 1.69. The van der Waals surface area contributed by atoms with Crippen molar-refractivity contribution in [1.82, 2.24) is 9.55 Å². The molecule has 0 saturated carbocycles. The van der Waals surface area contributed by atoms with E-state index in [1.54, 1.807) is 0 Å². The minimum absolute atomic E-state index is 0.00992. The van der Waals surface area contributed by atoms with Gasteiger partial charge < -0.3 is 9.67 Å². The summed E-state index contributed by atoms with van der Waals surface area (Å²) < 4.78 is 52.2. The lowest BCUT2D eigenvalue weighted by molar-refractivity contribution is -0.140. The van der Waals surface area contributed by atoms with E-state index in [0.29, 0.717) is 0 Å². The molecule has 1 aromatic carbocycles.